The van der Waals surface area contributed by atoms with E-state index < -0.39 is 0 Å². The van der Waals surface area contributed by atoms with E-state index in [1.54, 1.807) is 39.5 Å². The van der Waals surface area contributed by atoms with Crippen molar-refractivity contribution in [2.24, 2.45) is 0 Å². The number of hydrogen-bond acceptors (Lipinski definition) is 9. The quantitative estimate of drug-likeness (QED) is 0.245. The van der Waals surface area contributed by atoms with E-state index in [1.807, 2.05) is 87.5 Å². The minimum absolute atomic E-state index is 0.179. The standard InChI is InChI=1S/C42H48N6O6/c1-52-37-10-4-34(5-11-37)43-16-22-46(23-17-43)40(49)31-28-32(41(50)47-24-18-44(19-25-47)35-6-12-38(53-2)13-7-35)30-33(29-31)42(51)48-26-20-45(21-27-48)36-8-14-39(54-3)15-9-36/h4-15,28-30H,16-27H2,1-3H3. The molecule has 3 saturated heterocycles. The third-order valence-corrected chi connectivity index (χ3v) is 10.7. The van der Waals surface area contributed by atoms with Gasteiger partial charge in [-0.2, -0.15) is 0 Å². The Balaban J connectivity index is 1.07. The minimum atomic E-state index is -0.179. The first-order chi connectivity index (χ1) is 26.3. The molecule has 0 aromatic heterocycles. The second kappa shape index (κ2) is 16.4. The molecule has 54 heavy (non-hydrogen) atoms. The third kappa shape index (κ3) is 8.02. The van der Waals surface area contributed by atoms with Gasteiger partial charge in [0.15, 0.2) is 0 Å². The molecule has 12 heteroatoms. The SMILES string of the molecule is COc1ccc(N2CCN(C(=O)c3cc(C(=O)N4CCN(c5ccc(OC)cc5)CC4)cc(C(=O)N4CCN(c5ccc(OC)cc5)CC4)c3)CC2)cc1. The molecule has 4 aromatic rings. The van der Waals surface area contributed by atoms with Gasteiger partial charge in [-0.3, -0.25) is 14.4 Å². The van der Waals surface area contributed by atoms with Crippen molar-refractivity contribution in [1.29, 1.82) is 0 Å². The predicted octanol–water partition coefficient (Wildman–Crippen LogP) is 4.60. The lowest BCUT2D eigenvalue weighted by atomic mass is 10.0. The summed E-state index contributed by atoms with van der Waals surface area (Å²) in [6.07, 6.45) is 0. The first-order valence-corrected chi connectivity index (χ1v) is 18.5. The first-order valence-electron chi connectivity index (χ1n) is 18.5. The van der Waals surface area contributed by atoms with Crippen LogP contribution in [0.2, 0.25) is 0 Å². The van der Waals surface area contributed by atoms with Gasteiger partial charge in [-0.1, -0.05) is 0 Å². The maximum atomic E-state index is 14.1. The first kappa shape index (κ1) is 36.4. The van der Waals surface area contributed by atoms with Crippen molar-refractivity contribution in [3.8, 4) is 17.2 Å². The Morgan fingerprint density at radius 1 is 0.370 bits per heavy atom. The van der Waals surface area contributed by atoms with E-state index in [9.17, 15) is 14.4 Å². The van der Waals surface area contributed by atoms with Crippen LogP contribution in [0.4, 0.5) is 17.1 Å². The summed E-state index contributed by atoms with van der Waals surface area (Å²) in [6.45, 7) is 7.12. The van der Waals surface area contributed by atoms with Crippen molar-refractivity contribution in [2.45, 2.75) is 0 Å². The highest BCUT2D eigenvalue weighted by Gasteiger charge is 2.29. The molecule has 3 aliphatic heterocycles. The molecule has 4 aromatic carbocycles. The van der Waals surface area contributed by atoms with Gasteiger partial charge in [-0.25, -0.2) is 0 Å². The lowest BCUT2D eigenvalue weighted by Gasteiger charge is -2.37. The zero-order valence-corrected chi connectivity index (χ0v) is 31.3. The second-order valence-electron chi connectivity index (χ2n) is 13.7. The highest BCUT2D eigenvalue weighted by atomic mass is 16.5. The number of carbonyl (C=O) groups is 3. The third-order valence-electron chi connectivity index (χ3n) is 10.7. The van der Waals surface area contributed by atoms with Gasteiger partial charge in [-0.05, 0) is 91.0 Å². The Morgan fingerprint density at radius 2 is 0.593 bits per heavy atom. The number of nitrogens with zero attached hydrogens (tertiary/aromatic N) is 6. The second-order valence-corrected chi connectivity index (χ2v) is 13.7. The molecule has 0 bridgehead atoms. The summed E-state index contributed by atoms with van der Waals surface area (Å²) in [5.74, 6) is 1.85. The molecule has 12 nitrogen and oxygen atoms in total. The topological polar surface area (TPSA) is 98.3 Å². The number of carbonyl (C=O) groups excluding carboxylic acids is 3. The number of amides is 3. The number of ether oxygens (including phenoxy) is 3. The van der Waals surface area contributed by atoms with Crippen LogP contribution in [0.15, 0.2) is 91.0 Å². The van der Waals surface area contributed by atoms with E-state index in [0.29, 0.717) is 95.2 Å². The monoisotopic (exact) mass is 732 g/mol. The lowest BCUT2D eigenvalue weighted by molar-refractivity contribution is 0.0743. The summed E-state index contributed by atoms with van der Waals surface area (Å²) in [4.78, 5) is 54.6. The van der Waals surface area contributed by atoms with E-state index in [-0.39, 0.29) is 17.7 Å². The number of piperazine rings is 3. The van der Waals surface area contributed by atoms with Gasteiger partial charge in [0.25, 0.3) is 17.7 Å². The maximum absolute atomic E-state index is 14.1. The Morgan fingerprint density at radius 3 is 0.796 bits per heavy atom. The van der Waals surface area contributed by atoms with Crippen LogP contribution in [0.1, 0.15) is 31.1 Å². The molecule has 0 saturated carbocycles. The largest absolute Gasteiger partial charge is 0.497 e. The van der Waals surface area contributed by atoms with E-state index >= 15 is 0 Å². The van der Waals surface area contributed by atoms with Gasteiger partial charge in [0, 0.05) is 112 Å². The molecule has 3 fully saturated rings. The Labute approximate surface area is 317 Å². The number of hydrogen-bond donors (Lipinski definition) is 0. The molecule has 3 amide bonds. The maximum Gasteiger partial charge on any atom is 0.254 e. The van der Waals surface area contributed by atoms with Crippen molar-refractivity contribution in [3.63, 3.8) is 0 Å². The van der Waals surface area contributed by atoms with Crippen LogP contribution in [0.5, 0.6) is 17.2 Å². The van der Waals surface area contributed by atoms with Crippen molar-refractivity contribution < 1.29 is 28.6 Å². The van der Waals surface area contributed by atoms with E-state index in [1.165, 1.54) is 0 Å². The van der Waals surface area contributed by atoms with Crippen molar-refractivity contribution in [3.05, 3.63) is 108 Å². The predicted molar refractivity (Wildman–Crippen MR) is 210 cm³/mol. The van der Waals surface area contributed by atoms with Crippen LogP contribution in [-0.2, 0) is 0 Å². The highest BCUT2D eigenvalue weighted by molar-refractivity contribution is 6.04. The minimum Gasteiger partial charge on any atom is -0.497 e. The Bertz CT molecular complexity index is 1680. The molecule has 3 aliphatic rings. The van der Waals surface area contributed by atoms with Crippen LogP contribution >= 0.6 is 0 Å². The smallest absolute Gasteiger partial charge is 0.254 e. The van der Waals surface area contributed by atoms with E-state index in [0.717, 1.165) is 34.3 Å². The molecule has 282 valence electrons. The van der Waals surface area contributed by atoms with Crippen LogP contribution in [-0.4, -0.2) is 132 Å². The molecule has 0 unspecified atom stereocenters. The number of rotatable bonds is 9. The summed E-state index contributed by atoms with van der Waals surface area (Å²) in [6, 6.07) is 28.8. The van der Waals surface area contributed by atoms with Gasteiger partial charge in [0.05, 0.1) is 21.3 Å². The van der Waals surface area contributed by atoms with Crippen LogP contribution < -0.4 is 28.9 Å². The Kier molecular flexibility index (Phi) is 11.1. The molecule has 7 rings (SSSR count). The molecule has 0 spiro atoms. The summed E-state index contributed by atoms with van der Waals surface area (Å²) in [7, 11) is 4.94. The summed E-state index contributed by atoms with van der Waals surface area (Å²) < 4.78 is 15.9. The molecular weight excluding hydrogens is 684 g/mol. The van der Waals surface area contributed by atoms with Crippen LogP contribution in [0, 0.1) is 0 Å². The molecule has 0 atom stereocenters. The normalized spacial score (nSPS) is 16.3. The van der Waals surface area contributed by atoms with Crippen molar-refractivity contribution in [1.82, 2.24) is 14.7 Å². The van der Waals surface area contributed by atoms with Crippen LogP contribution in [0.25, 0.3) is 0 Å². The van der Waals surface area contributed by atoms with Gasteiger partial charge in [0.2, 0.25) is 0 Å². The average molecular weight is 733 g/mol. The molecule has 0 aliphatic carbocycles. The van der Waals surface area contributed by atoms with Gasteiger partial charge < -0.3 is 43.6 Å². The van der Waals surface area contributed by atoms with E-state index in [4.69, 9.17) is 14.2 Å². The van der Waals surface area contributed by atoms with Gasteiger partial charge in [0.1, 0.15) is 17.2 Å². The van der Waals surface area contributed by atoms with Gasteiger partial charge >= 0.3 is 0 Å². The number of anilines is 3. The molecular formula is C42H48N6O6. The zero-order chi connectivity index (χ0) is 37.6. The zero-order valence-electron chi connectivity index (χ0n) is 31.3. The fourth-order valence-electron chi connectivity index (χ4n) is 7.43. The van der Waals surface area contributed by atoms with Gasteiger partial charge in [-0.15, -0.1) is 0 Å². The fraction of sp³-hybridized carbons (Fsp3) is 0.357. The number of methoxy groups -OCH3 is 3. The lowest BCUT2D eigenvalue weighted by Crippen LogP contribution is -2.50. The van der Waals surface area contributed by atoms with Crippen molar-refractivity contribution >= 4 is 34.8 Å². The highest BCUT2D eigenvalue weighted by Crippen LogP contribution is 2.26. The Hall–Kier alpha value is -5.91. The number of benzene rings is 4. The summed E-state index contributed by atoms with van der Waals surface area (Å²) in [5.41, 5.74) is 4.29. The van der Waals surface area contributed by atoms with E-state index in [2.05, 4.69) is 14.7 Å². The molecule has 3 heterocycles. The average Bonchev–Trinajstić information content (AvgIpc) is 3.25. The summed E-state index contributed by atoms with van der Waals surface area (Å²) >= 11 is 0. The summed E-state index contributed by atoms with van der Waals surface area (Å²) in [5, 5.41) is 0. The van der Waals surface area contributed by atoms with Crippen molar-refractivity contribution in [2.75, 3.05) is 115 Å². The molecule has 0 radical (unpaired) electrons. The fourth-order valence-corrected chi connectivity index (χ4v) is 7.43. The molecule has 0 N–H and O–H groups in total. The van der Waals surface area contributed by atoms with Crippen LogP contribution in [0.3, 0.4) is 0 Å².